The highest BCUT2D eigenvalue weighted by molar-refractivity contribution is 7.89. The molecule has 0 aliphatic carbocycles. The van der Waals surface area contributed by atoms with Gasteiger partial charge in [0.1, 0.15) is 9.77 Å². The van der Waals surface area contributed by atoms with Gasteiger partial charge in [0.15, 0.2) is 0 Å². The maximum atomic E-state index is 12.1. The van der Waals surface area contributed by atoms with Crippen molar-refractivity contribution in [2.24, 2.45) is 0 Å². The highest BCUT2D eigenvalue weighted by Crippen LogP contribution is 2.23. The van der Waals surface area contributed by atoms with Gasteiger partial charge in [0.05, 0.1) is 12.7 Å². The lowest BCUT2D eigenvalue weighted by molar-refractivity contribution is 0.0602. The Morgan fingerprint density at radius 3 is 2.74 bits per heavy atom. The van der Waals surface area contributed by atoms with E-state index in [2.05, 4.69) is 9.46 Å². The number of hydrogen-bond donors (Lipinski definition) is 2. The molecule has 0 spiro atoms. The Labute approximate surface area is 116 Å². The zero-order chi connectivity index (χ0) is 14.7. The van der Waals surface area contributed by atoms with Crippen LogP contribution in [0.4, 0.5) is 0 Å². The highest BCUT2D eigenvalue weighted by atomic mass is 32.2. The van der Waals surface area contributed by atoms with E-state index in [1.54, 1.807) is 6.92 Å². The minimum atomic E-state index is -3.85. The molecule has 1 heterocycles. The van der Waals surface area contributed by atoms with Gasteiger partial charge in [-0.2, -0.15) is 0 Å². The van der Waals surface area contributed by atoms with Crippen molar-refractivity contribution in [2.75, 3.05) is 13.7 Å². The first-order valence-electron chi connectivity index (χ1n) is 5.61. The topological polar surface area (TPSA) is 92.7 Å². The monoisotopic (exact) mass is 307 g/mol. The number of aliphatic hydroxyl groups is 1. The molecule has 2 N–H and O–H groups in total. The second-order valence-corrected chi connectivity index (χ2v) is 6.93. The molecular formula is C11H17NO5S2. The molecule has 8 heteroatoms. The fourth-order valence-corrected chi connectivity index (χ4v) is 3.70. The molecule has 0 saturated heterocycles. The van der Waals surface area contributed by atoms with E-state index < -0.39 is 21.6 Å². The van der Waals surface area contributed by atoms with E-state index in [0.29, 0.717) is 6.42 Å². The normalized spacial score (nSPS) is 14.9. The summed E-state index contributed by atoms with van der Waals surface area (Å²) < 4.78 is 31.0. The lowest BCUT2D eigenvalue weighted by atomic mass is 10.1. The number of methoxy groups -OCH3 is 1. The first-order chi connectivity index (χ1) is 8.73. The Balaban J connectivity index is 2.96. The van der Waals surface area contributed by atoms with Crippen molar-refractivity contribution < 1.29 is 23.1 Å². The molecule has 0 aliphatic heterocycles. The molecule has 0 bridgehead atoms. The van der Waals surface area contributed by atoms with Crippen molar-refractivity contribution in [2.45, 2.75) is 30.8 Å². The summed E-state index contributed by atoms with van der Waals surface area (Å²) in [5.41, 5.74) is -1.13. The lowest BCUT2D eigenvalue weighted by Crippen LogP contribution is -2.40. The Morgan fingerprint density at radius 1 is 1.58 bits per heavy atom. The molecule has 0 fully saturated rings. The summed E-state index contributed by atoms with van der Waals surface area (Å²) in [5, 5.41) is 11.3. The van der Waals surface area contributed by atoms with E-state index in [9.17, 15) is 18.3 Å². The number of hydrogen-bond acceptors (Lipinski definition) is 6. The van der Waals surface area contributed by atoms with Crippen LogP contribution < -0.4 is 4.72 Å². The zero-order valence-corrected chi connectivity index (χ0v) is 12.6. The number of carbonyl (C=O) groups excluding carboxylic acids is 1. The molecule has 0 radical (unpaired) electrons. The minimum Gasteiger partial charge on any atom is -0.465 e. The average Bonchev–Trinajstić information content (AvgIpc) is 2.86. The Bertz CT molecular complexity index is 547. The summed E-state index contributed by atoms with van der Waals surface area (Å²) in [5.74, 6) is -0.697. The van der Waals surface area contributed by atoms with Gasteiger partial charge in [0, 0.05) is 6.54 Å². The SMILES string of the molecule is CCC(C)(O)CNS(=O)(=O)c1ccsc1C(=O)OC. The standard InChI is InChI=1S/C11H17NO5S2/c1-4-11(2,14)7-12-19(15,16)8-5-6-18-9(8)10(13)17-3/h5-6,12,14H,4,7H2,1-3H3. The van der Waals surface area contributed by atoms with Gasteiger partial charge >= 0.3 is 5.97 Å². The zero-order valence-electron chi connectivity index (χ0n) is 11.0. The predicted molar refractivity (Wildman–Crippen MR) is 71.8 cm³/mol. The van der Waals surface area contributed by atoms with E-state index in [-0.39, 0.29) is 16.3 Å². The first-order valence-corrected chi connectivity index (χ1v) is 7.97. The molecule has 1 aromatic rings. The Hall–Kier alpha value is -0.960. The van der Waals surface area contributed by atoms with Crippen LogP contribution in [-0.4, -0.2) is 38.7 Å². The Kier molecular flexibility index (Phi) is 5.08. The maximum Gasteiger partial charge on any atom is 0.349 e. The molecule has 0 aliphatic rings. The summed E-state index contributed by atoms with van der Waals surface area (Å²) in [6.07, 6.45) is 0.406. The third-order valence-electron chi connectivity index (χ3n) is 2.69. The second-order valence-electron chi connectivity index (χ2n) is 4.28. The predicted octanol–water partition coefficient (Wildman–Crippen LogP) is 0.974. The summed E-state index contributed by atoms with van der Waals surface area (Å²) in [6, 6.07) is 1.33. The van der Waals surface area contributed by atoms with Gasteiger partial charge in [-0.15, -0.1) is 11.3 Å². The maximum absolute atomic E-state index is 12.1. The smallest absolute Gasteiger partial charge is 0.349 e. The van der Waals surface area contributed by atoms with E-state index >= 15 is 0 Å². The van der Waals surface area contributed by atoms with Crippen LogP contribution in [0.25, 0.3) is 0 Å². The summed E-state index contributed by atoms with van der Waals surface area (Å²) in [7, 11) is -2.66. The number of esters is 1. The van der Waals surface area contributed by atoms with Gasteiger partial charge < -0.3 is 9.84 Å². The van der Waals surface area contributed by atoms with Gasteiger partial charge in [0.25, 0.3) is 0 Å². The van der Waals surface area contributed by atoms with Crippen LogP contribution in [0.2, 0.25) is 0 Å². The number of nitrogens with one attached hydrogen (secondary N) is 1. The van der Waals surface area contributed by atoms with E-state index in [1.165, 1.54) is 25.5 Å². The van der Waals surface area contributed by atoms with Crippen LogP contribution >= 0.6 is 11.3 Å². The highest BCUT2D eigenvalue weighted by Gasteiger charge is 2.27. The molecule has 1 aromatic heterocycles. The number of carbonyl (C=O) groups is 1. The molecule has 108 valence electrons. The molecule has 0 saturated carbocycles. The van der Waals surface area contributed by atoms with E-state index in [1.807, 2.05) is 0 Å². The van der Waals surface area contributed by atoms with Gasteiger partial charge in [-0.05, 0) is 24.8 Å². The molecule has 1 atom stereocenters. The molecular weight excluding hydrogens is 290 g/mol. The summed E-state index contributed by atoms with van der Waals surface area (Å²) in [6.45, 7) is 3.16. The van der Waals surface area contributed by atoms with Gasteiger partial charge in [-0.1, -0.05) is 6.92 Å². The van der Waals surface area contributed by atoms with Gasteiger partial charge in [0.2, 0.25) is 10.0 Å². The lowest BCUT2D eigenvalue weighted by Gasteiger charge is -2.21. The second kappa shape index (κ2) is 6.00. The Morgan fingerprint density at radius 2 is 2.21 bits per heavy atom. The number of rotatable bonds is 6. The van der Waals surface area contributed by atoms with Gasteiger partial charge in [-0.3, -0.25) is 0 Å². The molecule has 1 unspecified atom stereocenters. The largest absolute Gasteiger partial charge is 0.465 e. The average molecular weight is 307 g/mol. The van der Waals surface area contributed by atoms with Crippen molar-refractivity contribution in [3.8, 4) is 0 Å². The van der Waals surface area contributed by atoms with Crippen LogP contribution in [0.15, 0.2) is 16.3 Å². The number of thiophene rings is 1. The molecule has 0 amide bonds. The van der Waals surface area contributed by atoms with Crippen LogP contribution in [0.3, 0.4) is 0 Å². The van der Waals surface area contributed by atoms with Crippen molar-refractivity contribution in [1.82, 2.24) is 4.72 Å². The molecule has 6 nitrogen and oxygen atoms in total. The summed E-state index contributed by atoms with van der Waals surface area (Å²) >= 11 is 0.992. The fraction of sp³-hybridized carbons (Fsp3) is 0.545. The van der Waals surface area contributed by atoms with Crippen LogP contribution in [0.5, 0.6) is 0 Å². The third-order valence-corrected chi connectivity index (χ3v) is 5.16. The van der Waals surface area contributed by atoms with E-state index in [4.69, 9.17) is 0 Å². The van der Waals surface area contributed by atoms with Crippen molar-refractivity contribution in [1.29, 1.82) is 0 Å². The number of sulfonamides is 1. The van der Waals surface area contributed by atoms with Crippen molar-refractivity contribution in [3.63, 3.8) is 0 Å². The van der Waals surface area contributed by atoms with Crippen molar-refractivity contribution >= 4 is 27.3 Å². The molecule has 19 heavy (non-hydrogen) atoms. The number of ether oxygens (including phenoxy) is 1. The third kappa shape index (κ3) is 4.00. The summed E-state index contributed by atoms with van der Waals surface area (Å²) in [4.78, 5) is 11.3. The van der Waals surface area contributed by atoms with Crippen LogP contribution in [0, 0.1) is 0 Å². The first kappa shape index (κ1) is 16.1. The van der Waals surface area contributed by atoms with Crippen LogP contribution in [-0.2, 0) is 14.8 Å². The minimum absolute atomic E-state index is 0.0196. The fourth-order valence-electron chi connectivity index (χ4n) is 1.20. The van der Waals surface area contributed by atoms with Crippen LogP contribution in [0.1, 0.15) is 29.9 Å². The molecule has 0 aromatic carbocycles. The van der Waals surface area contributed by atoms with E-state index in [0.717, 1.165) is 11.3 Å². The molecule has 1 rings (SSSR count). The van der Waals surface area contributed by atoms with Gasteiger partial charge in [-0.25, -0.2) is 17.9 Å². The van der Waals surface area contributed by atoms with Crippen molar-refractivity contribution in [3.05, 3.63) is 16.3 Å². The quantitative estimate of drug-likeness (QED) is 0.764.